The number of ketones is 3. The molecule has 2 heterocycles. The number of aromatic hydroxyl groups is 4. The highest BCUT2D eigenvalue weighted by molar-refractivity contribution is 6.31. The van der Waals surface area contributed by atoms with E-state index in [4.69, 9.17) is 30.1 Å². The van der Waals surface area contributed by atoms with Crippen molar-refractivity contribution in [2.45, 2.75) is 183 Å². The Hall–Kier alpha value is -13.0. The van der Waals surface area contributed by atoms with Crippen molar-refractivity contribution in [2.24, 2.45) is 11.7 Å². The zero-order chi connectivity index (χ0) is 91.3. The van der Waals surface area contributed by atoms with Gasteiger partial charge in [-0.25, -0.2) is 4.79 Å². The van der Waals surface area contributed by atoms with Gasteiger partial charge in [0.15, 0.2) is 23.8 Å². The van der Waals surface area contributed by atoms with Crippen LogP contribution in [0.25, 0.3) is 0 Å². The van der Waals surface area contributed by atoms with Gasteiger partial charge in [0, 0.05) is 86.1 Å². The molecule has 11 amide bonds. The molecule has 0 saturated carbocycles. The number of guanidine groups is 1. The third kappa shape index (κ3) is 24.9. The zero-order valence-electron chi connectivity index (χ0n) is 68.6. The fourth-order valence-corrected chi connectivity index (χ4v) is 14.6. The number of carbonyl (C=O) groups is 14. The lowest BCUT2D eigenvalue weighted by molar-refractivity contribution is -0.249. The van der Waals surface area contributed by atoms with E-state index in [2.05, 4.69) is 53.2 Å². The highest BCUT2D eigenvalue weighted by Crippen LogP contribution is 2.53. The molecule has 1 fully saturated rings. The maximum absolute atomic E-state index is 14.7. The van der Waals surface area contributed by atoms with Crippen molar-refractivity contribution < 1.29 is 137 Å². The van der Waals surface area contributed by atoms with E-state index < -0.39 is 236 Å². The smallest absolute Gasteiger partial charge is 0.407 e. The summed E-state index contributed by atoms with van der Waals surface area (Å²) in [7, 11) is 1.26. The van der Waals surface area contributed by atoms with Crippen molar-refractivity contribution in [2.75, 3.05) is 51.9 Å². The number of hydrogen-bond acceptors (Lipinski definition) is 29. The number of nitrogens with two attached hydrogens (primary N) is 1. The molecule has 0 aromatic heterocycles. The largest absolute Gasteiger partial charge is 0.508 e. The molecule has 4 aliphatic rings. The van der Waals surface area contributed by atoms with Crippen molar-refractivity contribution in [3.63, 3.8) is 0 Å². The number of imide groups is 1. The molecule has 1 saturated heterocycles. The minimum absolute atomic E-state index is 0.00806. The van der Waals surface area contributed by atoms with Gasteiger partial charge >= 0.3 is 6.09 Å². The van der Waals surface area contributed by atoms with Gasteiger partial charge in [-0.2, -0.15) is 0 Å². The summed E-state index contributed by atoms with van der Waals surface area (Å²) in [5.41, 5.74) is 1.85. The van der Waals surface area contributed by atoms with Gasteiger partial charge in [-0.1, -0.05) is 68.8 Å². The van der Waals surface area contributed by atoms with Gasteiger partial charge in [-0.3, -0.25) is 72.6 Å². The molecule has 5 aromatic rings. The van der Waals surface area contributed by atoms with E-state index >= 15 is 0 Å². The van der Waals surface area contributed by atoms with Crippen LogP contribution < -0.4 is 63.6 Å². The molecule has 0 radical (unpaired) electrons. The minimum atomic E-state index is -2.47. The van der Waals surface area contributed by atoms with Crippen LogP contribution in [0.4, 0.5) is 10.5 Å². The van der Waals surface area contributed by atoms with E-state index in [1.165, 1.54) is 105 Å². The first-order chi connectivity index (χ1) is 59.5. The van der Waals surface area contributed by atoms with Gasteiger partial charge in [0.25, 0.3) is 11.8 Å². The predicted molar refractivity (Wildman–Crippen MR) is 437 cm³/mol. The fourth-order valence-electron chi connectivity index (χ4n) is 14.6. The van der Waals surface area contributed by atoms with Crippen LogP contribution in [0.2, 0.25) is 0 Å². The molecule has 0 spiro atoms. The number of rotatable bonds is 42. The topological polar surface area (TPSA) is 652 Å². The normalized spacial score (nSPS) is 19.2. The first-order valence-corrected chi connectivity index (χ1v) is 40.2. The minimum Gasteiger partial charge on any atom is -0.508 e. The van der Waals surface area contributed by atoms with E-state index in [-0.39, 0.29) is 115 Å². The van der Waals surface area contributed by atoms with Crippen molar-refractivity contribution in [1.29, 1.82) is 5.41 Å². The number of anilines is 1. The van der Waals surface area contributed by atoms with Crippen molar-refractivity contribution in [3.05, 3.63) is 153 Å². The summed E-state index contributed by atoms with van der Waals surface area (Å²) < 4.78 is 23.1. The third-order valence-corrected chi connectivity index (χ3v) is 21.3. The molecule has 5 aromatic carbocycles. The lowest BCUT2D eigenvalue weighted by Gasteiger charge is -2.42. The third-order valence-electron chi connectivity index (χ3n) is 21.3. The van der Waals surface area contributed by atoms with Gasteiger partial charge < -0.3 is 129 Å². The first-order valence-electron chi connectivity index (χ1n) is 40.2. The number of hydrogen-bond donors (Lipinski definition) is 22. The Morgan fingerprint density at radius 3 is 1.66 bits per heavy atom. The number of fused-ring (bicyclic) bond motifs is 3. The summed E-state index contributed by atoms with van der Waals surface area (Å²) in [6, 6.07) is 7.78. The number of carbonyl (C=O) groups excluding carboxylic acids is 14. The van der Waals surface area contributed by atoms with Crippen LogP contribution >= 0.6 is 0 Å². The number of nitrogens with one attached hydrogen (secondary N) is 11. The van der Waals surface area contributed by atoms with E-state index in [1.807, 2.05) is 0 Å². The number of alkyl carbamates (subject to hydrolysis) is 1. The van der Waals surface area contributed by atoms with Gasteiger partial charge in [0.1, 0.15) is 96.0 Å². The maximum atomic E-state index is 14.7. The second-order valence-corrected chi connectivity index (χ2v) is 30.9. The van der Waals surface area contributed by atoms with Gasteiger partial charge in [0.05, 0.1) is 61.9 Å². The average Bonchev–Trinajstić information content (AvgIpc) is 1.45. The van der Waals surface area contributed by atoms with Crippen LogP contribution in [-0.2, 0) is 92.8 Å². The molecule has 23 N–H and O–H groups in total. The molecule has 125 heavy (non-hydrogen) atoms. The molecule has 13 atom stereocenters. The van der Waals surface area contributed by atoms with Gasteiger partial charge in [-0.15, -0.1) is 0 Å². The molecule has 672 valence electrons. The van der Waals surface area contributed by atoms with E-state index in [9.17, 15) is 118 Å². The van der Waals surface area contributed by atoms with Crippen molar-refractivity contribution >= 4 is 94.2 Å². The Morgan fingerprint density at radius 1 is 0.616 bits per heavy atom. The molecule has 2 aliphatic carbocycles. The second-order valence-electron chi connectivity index (χ2n) is 30.9. The van der Waals surface area contributed by atoms with Gasteiger partial charge in [0.2, 0.25) is 53.0 Å². The SMILES string of the molecule is COc1cccc2c1C(=O)c1c(O)c3c(c(O)c1C2=O)C[C@](O)(C(=O)CO)C[C@H]3O[C@H]1C[C@H](NC(=O)OCc2ccc(NC(=O)[C@H](CC(C)C)NC(=O)[C@H](CO)NC(=O)[C@H](Cc3ccc(O)cc3)NC(=O)[C@H](Cc3ccc(O)cc3)NC(=O)[C@H](CO)NC(=O)[C@H](CO)NC(=O)[C@H](CCCNC(=N)N)NC(=O)CCCCCN3C(=O)C=CC3=O)cc2)[C@H](O)[C@H](C)O1. The highest BCUT2D eigenvalue weighted by Gasteiger charge is 2.51. The number of aliphatic hydroxyl groups excluding tert-OH is 5. The summed E-state index contributed by atoms with van der Waals surface area (Å²) in [4.78, 5) is 192. The van der Waals surface area contributed by atoms with Crippen LogP contribution in [0.1, 0.15) is 144 Å². The summed E-state index contributed by atoms with van der Waals surface area (Å²) >= 11 is 0. The molecule has 41 heteroatoms. The van der Waals surface area contributed by atoms with Crippen LogP contribution in [0.5, 0.6) is 28.7 Å². The Morgan fingerprint density at radius 2 is 1.14 bits per heavy atom. The Kier molecular flexibility index (Phi) is 33.6. The molecule has 2 aliphatic heterocycles. The Bertz CT molecular complexity index is 4860. The molecule has 0 bridgehead atoms. The number of benzene rings is 5. The van der Waals surface area contributed by atoms with Crippen LogP contribution in [0.3, 0.4) is 0 Å². The predicted octanol–water partition coefficient (Wildman–Crippen LogP) is -2.03. The Balaban J connectivity index is 0.812. The van der Waals surface area contributed by atoms with E-state index in [1.54, 1.807) is 13.8 Å². The second kappa shape index (κ2) is 43.8. The van der Waals surface area contributed by atoms with Crippen molar-refractivity contribution in [3.8, 4) is 28.7 Å². The number of amides is 11. The summed E-state index contributed by atoms with van der Waals surface area (Å²) in [6.07, 6.45) is -5.88. The molecular weight excluding hydrogens is 1640 g/mol. The lowest BCUT2D eigenvalue weighted by Crippen LogP contribution is -2.61. The van der Waals surface area contributed by atoms with Gasteiger partial charge in [-0.05, 0) is 104 Å². The number of unbranched alkanes of at least 4 members (excludes halogenated alkanes) is 2. The maximum Gasteiger partial charge on any atom is 0.407 e. The number of aliphatic hydroxyl groups is 6. The number of phenols is 4. The number of nitrogens with zero attached hydrogens (tertiary/aromatic N) is 1. The Labute approximate surface area is 715 Å². The number of ether oxygens (including phenoxy) is 4. The fraction of sp³-hybridized carbons (Fsp3) is 0.440. The zero-order valence-corrected chi connectivity index (χ0v) is 68.6. The van der Waals surface area contributed by atoms with E-state index in [0.717, 1.165) is 17.1 Å². The van der Waals surface area contributed by atoms with Crippen LogP contribution in [0, 0.1) is 11.3 Å². The average molecular weight is 1740 g/mol. The molecule has 41 nitrogen and oxygen atoms in total. The first kappa shape index (κ1) is 95.8. The number of methoxy groups -OCH3 is 1. The molecular formula is C84H103N13O28. The number of phenolic OH excluding ortho intramolecular Hbond substituents is 4. The van der Waals surface area contributed by atoms with E-state index in [0.29, 0.717) is 29.5 Å². The van der Waals surface area contributed by atoms with Crippen LogP contribution in [-0.4, -0.2) is 264 Å². The quantitative estimate of drug-likeness (QED) is 0.00646. The summed E-state index contributed by atoms with van der Waals surface area (Å²) in [5.74, 6) is -14.6. The molecule has 9 rings (SSSR count). The monoisotopic (exact) mass is 1740 g/mol. The number of Topliss-reactive ketones (excluding diaryl/α,β-unsaturated/α-hetero) is 1. The molecule has 0 unspecified atom stereocenters. The summed E-state index contributed by atoms with van der Waals surface area (Å²) in [5, 5.41) is 141. The summed E-state index contributed by atoms with van der Waals surface area (Å²) in [6.45, 7) is 0.226. The standard InChI is InChI=1S/C84H103N13O28/c1-41(2)30-53(76(114)88-46-20-14-45(15-21-46)40-123-83(120)96-52-33-65(124-42(3)70(52)108)125-60-35-84(121,61(104)39-101)34-50-67(60)74(112)69-68(72(50)110)71(109)49-10-8-12-59(122-4)66(49)73(69)111)90-79(117)56(36-98)94-78(116)55(32-44-18-24-48(103)25-19-44)91-77(115)54(31-43-16-22-47(102)23-17-43)92-80(118)57(37-99)95-81(119)58(38-100)93-75(113)51(11-9-28-87-82(85)86)89-62(105)13-6-5-7-29-97-63(106)26-27-64(97)107/h8,10,12,14-27,41-42,51-58,60,65,70,98-103,108,110,112,121H,5-7,9,11,13,28-40H2,1-4H3,(H,88,114)(H,89,105)(H,90,117)(H,91,115)(H,92,118)(H,93,113)(H,94,116)(H,95,119)(H,96,120)(H4,85,86,87)/t42-,51-,52-,53-,54-,55-,56-,57-,58-,60+,65-,70+,84+/m0/s1. The van der Waals surface area contributed by atoms with Crippen molar-refractivity contribution in [1.82, 2.24) is 52.8 Å². The van der Waals surface area contributed by atoms with Crippen LogP contribution in [0.15, 0.2) is 103 Å². The lowest BCUT2D eigenvalue weighted by atomic mass is 9.72. The highest BCUT2D eigenvalue weighted by atomic mass is 16.7.